The fourth-order valence-corrected chi connectivity index (χ4v) is 2.84. The van der Waals surface area contributed by atoms with Gasteiger partial charge in [0.25, 0.3) is 0 Å². The van der Waals surface area contributed by atoms with Gasteiger partial charge >= 0.3 is 0 Å². The monoisotopic (exact) mass is 336 g/mol. The Labute approximate surface area is 148 Å². The van der Waals surface area contributed by atoms with Crippen LogP contribution in [-0.2, 0) is 19.3 Å². The van der Waals surface area contributed by atoms with E-state index in [-0.39, 0.29) is 0 Å². The van der Waals surface area contributed by atoms with Crippen LogP contribution in [0.2, 0.25) is 0 Å². The van der Waals surface area contributed by atoms with Crippen LogP contribution in [0.15, 0.2) is 36.8 Å². The highest BCUT2D eigenvalue weighted by Crippen LogP contribution is 2.25. The first-order chi connectivity index (χ1) is 12.1. The third-order valence-corrected chi connectivity index (χ3v) is 4.20. The van der Waals surface area contributed by atoms with Gasteiger partial charge in [-0.2, -0.15) is 0 Å². The van der Waals surface area contributed by atoms with Crippen molar-refractivity contribution in [2.24, 2.45) is 0 Å². The standard InChI is InChI=1S/C20H24N4O/c1-5-16-11-17(6-2)23-20(22-16)10-15-7-8-18(19(9-15)25-4)24-12-14(3)21-13-24/h7-9,11-13H,5-6,10H2,1-4H3. The predicted molar refractivity (Wildman–Crippen MR) is 98.4 cm³/mol. The molecule has 0 saturated carbocycles. The van der Waals surface area contributed by atoms with E-state index < -0.39 is 0 Å². The maximum atomic E-state index is 5.59. The second kappa shape index (κ2) is 7.47. The summed E-state index contributed by atoms with van der Waals surface area (Å²) in [5.74, 6) is 1.68. The van der Waals surface area contributed by atoms with Crippen LogP contribution in [0.3, 0.4) is 0 Å². The molecule has 0 spiro atoms. The summed E-state index contributed by atoms with van der Waals surface area (Å²) in [6.07, 6.45) is 6.32. The van der Waals surface area contributed by atoms with E-state index >= 15 is 0 Å². The van der Waals surface area contributed by atoms with Gasteiger partial charge in [0.2, 0.25) is 0 Å². The summed E-state index contributed by atoms with van der Waals surface area (Å²) in [6.45, 7) is 6.22. The van der Waals surface area contributed by atoms with Crippen molar-refractivity contribution >= 4 is 0 Å². The Bertz CT molecular complexity index is 848. The van der Waals surface area contributed by atoms with Gasteiger partial charge < -0.3 is 9.30 Å². The third kappa shape index (κ3) is 3.87. The lowest BCUT2D eigenvalue weighted by Crippen LogP contribution is -2.04. The van der Waals surface area contributed by atoms with Gasteiger partial charge in [0, 0.05) is 24.0 Å². The molecule has 25 heavy (non-hydrogen) atoms. The Morgan fingerprint density at radius 3 is 2.32 bits per heavy atom. The molecule has 0 saturated heterocycles. The second-order valence-electron chi connectivity index (χ2n) is 6.08. The smallest absolute Gasteiger partial charge is 0.143 e. The third-order valence-electron chi connectivity index (χ3n) is 4.20. The van der Waals surface area contributed by atoms with E-state index in [1.807, 2.05) is 17.7 Å². The normalized spacial score (nSPS) is 10.9. The van der Waals surface area contributed by atoms with Gasteiger partial charge in [0.05, 0.1) is 24.8 Å². The number of aromatic nitrogens is 4. The van der Waals surface area contributed by atoms with E-state index in [0.29, 0.717) is 6.42 Å². The lowest BCUT2D eigenvalue weighted by atomic mass is 10.1. The fourth-order valence-electron chi connectivity index (χ4n) is 2.84. The highest BCUT2D eigenvalue weighted by atomic mass is 16.5. The first kappa shape index (κ1) is 17.1. The van der Waals surface area contributed by atoms with Gasteiger partial charge in [0.1, 0.15) is 11.6 Å². The summed E-state index contributed by atoms with van der Waals surface area (Å²) in [5, 5.41) is 0. The number of hydrogen-bond acceptors (Lipinski definition) is 4. The molecule has 3 rings (SSSR count). The average Bonchev–Trinajstić information content (AvgIpc) is 3.07. The molecule has 2 aromatic heterocycles. The van der Waals surface area contributed by atoms with Crippen molar-refractivity contribution in [3.05, 3.63) is 65.3 Å². The summed E-state index contributed by atoms with van der Waals surface area (Å²) in [7, 11) is 1.69. The minimum absolute atomic E-state index is 0.695. The average molecular weight is 336 g/mol. The van der Waals surface area contributed by atoms with E-state index in [4.69, 9.17) is 4.74 Å². The van der Waals surface area contributed by atoms with Gasteiger partial charge in [-0.05, 0) is 43.5 Å². The number of benzene rings is 1. The number of methoxy groups -OCH3 is 1. The highest BCUT2D eigenvalue weighted by Gasteiger charge is 2.10. The first-order valence-electron chi connectivity index (χ1n) is 8.66. The van der Waals surface area contributed by atoms with Crippen molar-refractivity contribution in [3.63, 3.8) is 0 Å². The van der Waals surface area contributed by atoms with Crippen molar-refractivity contribution in [2.45, 2.75) is 40.0 Å². The number of imidazole rings is 1. The number of aryl methyl sites for hydroxylation is 3. The van der Waals surface area contributed by atoms with Crippen LogP contribution in [0.1, 0.15) is 42.3 Å². The van der Waals surface area contributed by atoms with Crippen LogP contribution in [0.5, 0.6) is 5.75 Å². The quantitative estimate of drug-likeness (QED) is 0.689. The van der Waals surface area contributed by atoms with Gasteiger partial charge in [0.15, 0.2) is 0 Å². The molecule has 3 aromatic rings. The Hall–Kier alpha value is -2.69. The molecule has 5 nitrogen and oxygen atoms in total. The molecule has 0 bridgehead atoms. The highest BCUT2D eigenvalue weighted by molar-refractivity contribution is 5.49. The summed E-state index contributed by atoms with van der Waals surface area (Å²) >= 11 is 0. The molecule has 1 aromatic carbocycles. The zero-order valence-electron chi connectivity index (χ0n) is 15.3. The number of hydrogen-bond donors (Lipinski definition) is 0. The van der Waals surface area contributed by atoms with Gasteiger partial charge in [-0.1, -0.05) is 19.9 Å². The zero-order valence-corrected chi connectivity index (χ0v) is 15.3. The molecule has 0 N–H and O–H groups in total. The summed E-state index contributed by atoms with van der Waals surface area (Å²) < 4.78 is 7.56. The molecule has 0 aliphatic heterocycles. The predicted octanol–water partition coefficient (Wildman–Crippen LogP) is 3.69. The fraction of sp³-hybridized carbons (Fsp3) is 0.350. The Morgan fingerprint density at radius 2 is 1.76 bits per heavy atom. The summed E-state index contributed by atoms with van der Waals surface area (Å²) in [6, 6.07) is 8.30. The lowest BCUT2D eigenvalue weighted by molar-refractivity contribution is 0.412. The second-order valence-corrected chi connectivity index (χ2v) is 6.08. The minimum atomic E-state index is 0.695. The minimum Gasteiger partial charge on any atom is -0.495 e. The van der Waals surface area contributed by atoms with E-state index in [1.165, 1.54) is 0 Å². The molecule has 0 unspecified atom stereocenters. The van der Waals surface area contributed by atoms with Crippen LogP contribution in [-0.4, -0.2) is 26.6 Å². The van der Waals surface area contributed by atoms with Crippen molar-refractivity contribution < 1.29 is 4.74 Å². The van der Waals surface area contributed by atoms with Crippen molar-refractivity contribution in [2.75, 3.05) is 7.11 Å². The van der Waals surface area contributed by atoms with Crippen LogP contribution < -0.4 is 4.74 Å². The molecule has 5 heteroatoms. The van der Waals surface area contributed by atoms with E-state index in [2.05, 4.69) is 53.1 Å². The lowest BCUT2D eigenvalue weighted by Gasteiger charge is -2.12. The molecule has 0 radical (unpaired) electrons. The van der Waals surface area contributed by atoms with Crippen molar-refractivity contribution in [1.82, 2.24) is 19.5 Å². The van der Waals surface area contributed by atoms with Crippen LogP contribution in [0, 0.1) is 6.92 Å². The number of rotatable bonds is 6. The van der Waals surface area contributed by atoms with E-state index in [9.17, 15) is 0 Å². The molecule has 0 atom stereocenters. The number of ether oxygens (including phenoxy) is 1. The van der Waals surface area contributed by atoms with Crippen LogP contribution in [0.4, 0.5) is 0 Å². The maximum Gasteiger partial charge on any atom is 0.143 e. The Balaban J connectivity index is 1.91. The molecule has 130 valence electrons. The molecule has 0 amide bonds. The van der Waals surface area contributed by atoms with Crippen LogP contribution in [0.25, 0.3) is 5.69 Å². The molecular weight excluding hydrogens is 312 g/mol. The van der Waals surface area contributed by atoms with E-state index in [0.717, 1.165) is 52.7 Å². The molecule has 2 heterocycles. The van der Waals surface area contributed by atoms with Crippen LogP contribution >= 0.6 is 0 Å². The molecule has 0 aliphatic rings. The Morgan fingerprint density at radius 1 is 1.04 bits per heavy atom. The van der Waals surface area contributed by atoms with Gasteiger partial charge in [-0.15, -0.1) is 0 Å². The molecule has 0 fully saturated rings. The van der Waals surface area contributed by atoms with Gasteiger partial charge in [-0.25, -0.2) is 15.0 Å². The largest absolute Gasteiger partial charge is 0.495 e. The summed E-state index contributed by atoms with van der Waals surface area (Å²) in [5.41, 5.74) is 5.28. The Kier molecular flexibility index (Phi) is 5.12. The topological polar surface area (TPSA) is 52.8 Å². The van der Waals surface area contributed by atoms with E-state index in [1.54, 1.807) is 13.4 Å². The zero-order chi connectivity index (χ0) is 17.8. The summed E-state index contributed by atoms with van der Waals surface area (Å²) in [4.78, 5) is 13.6. The van der Waals surface area contributed by atoms with Gasteiger partial charge in [-0.3, -0.25) is 0 Å². The first-order valence-corrected chi connectivity index (χ1v) is 8.66. The molecule has 0 aliphatic carbocycles. The SMILES string of the molecule is CCc1cc(CC)nc(Cc2ccc(-n3cnc(C)c3)c(OC)c2)n1. The number of nitrogens with zero attached hydrogens (tertiary/aromatic N) is 4. The van der Waals surface area contributed by atoms with Crippen molar-refractivity contribution in [1.29, 1.82) is 0 Å². The van der Waals surface area contributed by atoms with Crippen molar-refractivity contribution in [3.8, 4) is 11.4 Å². The molecular formula is C20H24N4O. The maximum absolute atomic E-state index is 5.59.